The molecule has 1 rings (SSSR count). The number of carbonyl (C=O) groups is 1. The number of aliphatic hydroxyl groups excluding tert-OH is 1. The number of hydrogen-bond donors (Lipinski definition) is 3. The molecule has 0 aliphatic carbocycles. The van der Waals surface area contributed by atoms with Crippen LogP contribution in [-0.2, 0) is 4.74 Å². The van der Waals surface area contributed by atoms with Crippen molar-refractivity contribution in [3.05, 3.63) is 0 Å². The average Bonchev–Trinajstić information content (AvgIpc) is 2.15. The van der Waals surface area contributed by atoms with E-state index in [-0.39, 0.29) is 19.7 Å². The van der Waals surface area contributed by atoms with Crippen LogP contribution in [0.25, 0.3) is 0 Å². The van der Waals surface area contributed by atoms with Crippen LogP contribution in [0, 0.1) is 0 Å². The molecule has 1 fully saturated rings. The summed E-state index contributed by atoms with van der Waals surface area (Å²) < 4.78 is 5.38. The number of ether oxygens (including phenoxy) is 1. The topological polar surface area (TPSA) is 90.2 Å². The van der Waals surface area contributed by atoms with Gasteiger partial charge in [-0.2, -0.15) is 0 Å². The summed E-state index contributed by atoms with van der Waals surface area (Å²) in [5.41, 5.74) is -1.12. The molecule has 1 amide bonds. The molecule has 1 aliphatic heterocycles. The highest BCUT2D eigenvalue weighted by molar-refractivity contribution is 5.65. The third-order valence-corrected chi connectivity index (χ3v) is 2.43. The van der Waals surface area contributed by atoms with Crippen LogP contribution in [0.15, 0.2) is 0 Å². The minimum Gasteiger partial charge on any atom is -0.465 e. The lowest BCUT2D eigenvalue weighted by Gasteiger charge is -2.40. The molecule has 0 aromatic carbocycles. The van der Waals surface area contributed by atoms with Gasteiger partial charge in [-0.15, -0.1) is 0 Å². The molecule has 15 heavy (non-hydrogen) atoms. The highest BCUT2D eigenvalue weighted by atomic mass is 16.5. The lowest BCUT2D eigenvalue weighted by molar-refractivity contribution is -0.164. The first-order valence-corrected chi connectivity index (χ1v) is 4.81. The van der Waals surface area contributed by atoms with Crippen molar-refractivity contribution < 1.29 is 24.9 Å². The molecule has 0 spiro atoms. The normalized spacial score (nSPS) is 27.9. The van der Waals surface area contributed by atoms with Gasteiger partial charge in [0.2, 0.25) is 0 Å². The molecule has 88 valence electrons. The van der Waals surface area contributed by atoms with Crippen LogP contribution in [0.3, 0.4) is 0 Å². The standard InChI is InChI=1S/C9H17NO5/c1-9(2,14)7-4-10(8(12)13)3-6(5-11)15-7/h6-7,11,14H,3-5H2,1-2H3,(H,12,13)/t6-,7+/m1/s1. The molecule has 3 N–H and O–H groups in total. The van der Waals surface area contributed by atoms with Gasteiger partial charge in [0.15, 0.2) is 0 Å². The fourth-order valence-electron chi connectivity index (χ4n) is 1.49. The van der Waals surface area contributed by atoms with E-state index in [1.54, 1.807) is 13.8 Å². The third kappa shape index (κ3) is 3.05. The molecule has 0 radical (unpaired) electrons. The van der Waals surface area contributed by atoms with Gasteiger partial charge >= 0.3 is 6.09 Å². The zero-order valence-corrected chi connectivity index (χ0v) is 8.88. The summed E-state index contributed by atoms with van der Waals surface area (Å²) in [6.45, 7) is 3.11. The highest BCUT2D eigenvalue weighted by Crippen LogP contribution is 2.20. The van der Waals surface area contributed by atoms with E-state index in [0.29, 0.717) is 0 Å². The van der Waals surface area contributed by atoms with Crippen molar-refractivity contribution in [2.75, 3.05) is 19.7 Å². The number of nitrogens with zero attached hydrogens (tertiary/aromatic N) is 1. The monoisotopic (exact) mass is 219 g/mol. The summed E-state index contributed by atoms with van der Waals surface area (Å²) in [5, 5.41) is 27.5. The van der Waals surface area contributed by atoms with E-state index >= 15 is 0 Å². The molecule has 2 atom stereocenters. The van der Waals surface area contributed by atoms with Crippen molar-refractivity contribution in [2.45, 2.75) is 31.7 Å². The average molecular weight is 219 g/mol. The molecule has 1 aliphatic rings. The minimum absolute atomic E-state index is 0.120. The van der Waals surface area contributed by atoms with Crippen molar-refractivity contribution in [2.24, 2.45) is 0 Å². The van der Waals surface area contributed by atoms with E-state index < -0.39 is 23.9 Å². The van der Waals surface area contributed by atoms with Crippen LogP contribution in [-0.4, -0.2) is 63.8 Å². The zero-order chi connectivity index (χ0) is 11.6. The van der Waals surface area contributed by atoms with E-state index in [1.807, 2.05) is 0 Å². The largest absolute Gasteiger partial charge is 0.465 e. The Labute approximate surface area is 88.1 Å². The molecule has 6 heteroatoms. The Morgan fingerprint density at radius 3 is 2.53 bits per heavy atom. The summed E-state index contributed by atoms with van der Waals surface area (Å²) in [6, 6.07) is 0. The minimum atomic E-state index is -1.12. The van der Waals surface area contributed by atoms with Gasteiger partial charge in [0.25, 0.3) is 0 Å². The molecule has 1 heterocycles. The van der Waals surface area contributed by atoms with Crippen LogP contribution >= 0.6 is 0 Å². The summed E-state index contributed by atoms with van der Waals surface area (Å²) in [4.78, 5) is 11.9. The van der Waals surface area contributed by atoms with E-state index in [1.165, 1.54) is 0 Å². The Balaban J connectivity index is 2.71. The van der Waals surface area contributed by atoms with Gasteiger partial charge < -0.3 is 25.0 Å². The molecule has 0 saturated carbocycles. The number of morpholine rings is 1. The number of carboxylic acid groups (broad SMARTS) is 1. The van der Waals surface area contributed by atoms with Gasteiger partial charge in [0.05, 0.1) is 31.4 Å². The Morgan fingerprint density at radius 2 is 2.13 bits per heavy atom. The summed E-state index contributed by atoms with van der Waals surface area (Å²) in [7, 11) is 0. The Bertz CT molecular complexity index is 237. The van der Waals surface area contributed by atoms with Gasteiger partial charge in [0, 0.05) is 0 Å². The predicted molar refractivity (Wildman–Crippen MR) is 51.6 cm³/mol. The first kappa shape index (κ1) is 12.2. The highest BCUT2D eigenvalue weighted by Gasteiger charge is 2.37. The van der Waals surface area contributed by atoms with Crippen molar-refractivity contribution in [1.29, 1.82) is 0 Å². The fourth-order valence-corrected chi connectivity index (χ4v) is 1.49. The molecular formula is C9H17NO5. The molecule has 0 bridgehead atoms. The van der Waals surface area contributed by atoms with Crippen molar-refractivity contribution in [3.63, 3.8) is 0 Å². The van der Waals surface area contributed by atoms with Crippen LogP contribution in [0.5, 0.6) is 0 Å². The molecule has 0 aromatic rings. The molecule has 6 nitrogen and oxygen atoms in total. The van der Waals surface area contributed by atoms with E-state index in [2.05, 4.69) is 0 Å². The lowest BCUT2D eigenvalue weighted by atomic mass is 9.99. The van der Waals surface area contributed by atoms with Crippen LogP contribution in [0.2, 0.25) is 0 Å². The van der Waals surface area contributed by atoms with Gasteiger partial charge in [0.1, 0.15) is 6.10 Å². The van der Waals surface area contributed by atoms with Crippen LogP contribution in [0.4, 0.5) is 4.79 Å². The second-order valence-electron chi connectivity index (χ2n) is 4.27. The predicted octanol–water partition coefficient (Wildman–Crippen LogP) is -0.503. The molecular weight excluding hydrogens is 202 g/mol. The van der Waals surface area contributed by atoms with Crippen molar-refractivity contribution in [1.82, 2.24) is 4.90 Å². The Kier molecular flexibility index (Phi) is 3.54. The number of aliphatic hydroxyl groups is 2. The first-order chi connectivity index (χ1) is 6.84. The van der Waals surface area contributed by atoms with Gasteiger partial charge in [-0.3, -0.25) is 0 Å². The van der Waals surface area contributed by atoms with E-state index in [4.69, 9.17) is 14.9 Å². The van der Waals surface area contributed by atoms with Crippen LogP contribution < -0.4 is 0 Å². The summed E-state index contributed by atoms with van der Waals surface area (Å²) >= 11 is 0. The summed E-state index contributed by atoms with van der Waals surface area (Å²) in [5.74, 6) is 0. The zero-order valence-electron chi connectivity index (χ0n) is 8.88. The van der Waals surface area contributed by atoms with Crippen LogP contribution in [0.1, 0.15) is 13.8 Å². The fraction of sp³-hybridized carbons (Fsp3) is 0.889. The first-order valence-electron chi connectivity index (χ1n) is 4.81. The Morgan fingerprint density at radius 1 is 1.53 bits per heavy atom. The second-order valence-corrected chi connectivity index (χ2v) is 4.27. The number of amides is 1. The number of rotatable bonds is 2. The SMILES string of the molecule is CC(C)(O)[C@@H]1CN(C(=O)O)C[C@H](CO)O1. The molecule has 1 saturated heterocycles. The van der Waals surface area contributed by atoms with E-state index in [0.717, 1.165) is 4.90 Å². The lowest BCUT2D eigenvalue weighted by Crippen LogP contribution is -2.57. The maximum Gasteiger partial charge on any atom is 0.407 e. The van der Waals surface area contributed by atoms with Gasteiger partial charge in [-0.25, -0.2) is 4.79 Å². The Hall–Kier alpha value is -0.850. The second kappa shape index (κ2) is 4.34. The van der Waals surface area contributed by atoms with Crippen molar-refractivity contribution in [3.8, 4) is 0 Å². The molecule has 0 unspecified atom stereocenters. The molecule has 0 aromatic heterocycles. The quantitative estimate of drug-likeness (QED) is 0.582. The van der Waals surface area contributed by atoms with Gasteiger partial charge in [-0.1, -0.05) is 0 Å². The smallest absolute Gasteiger partial charge is 0.407 e. The summed E-state index contributed by atoms with van der Waals surface area (Å²) in [6.07, 6.45) is -2.24. The maximum absolute atomic E-state index is 10.8. The third-order valence-electron chi connectivity index (χ3n) is 2.43. The maximum atomic E-state index is 10.8. The van der Waals surface area contributed by atoms with Gasteiger partial charge in [-0.05, 0) is 13.8 Å². The number of hydrogen-bond acceptors (Lipinski definition) is 4. The van der Waals surface area contributed by atoms with E-state index in [9.17, 15) is 9.90 Å². The van der Waals surface area contributed by atoms with Crippen molar-refractivity contribution >= 4 is 6.09 Å².